The minimum atomic E-state index is -0.383. The molecule has 1 heterocycles. The van der Waals surface area contributed by atoms with Crippen molar-refractivity contribution >= 4 is 17.0 Å². The van der Waals surface area contributed by atoms with Crippen molar-refractivity contribution in [3.8, 4) is 10.4 Å². The van der Waals surface area contributed by atoms with Crippen molar-refractivity contribution in [3.05, 3.63) is 51.4 Å². The molecule has 0 amide bonds. The van der Waals surface area contributed by atoms with Crippen LogP contribution in [0.25, 0.3) is 10.4 Å². The van der Waals surface area contributed by atoms with Crippen LogP contribution in [0.3, 0.4) is 0 Å². The number of benzene rings is 1. The minimum absolute atomic E-state index is 0.119. The zero-order valence-corrected chi connectivity index (χ0v) is 12.7. The molecule has 0 bridgehead atoms. The van der Waals surface area contributed by atoms with Gasteiger partial charge in [0.2, 0.25) is 0 Å². The summed E-state index contributed by atoms with van der Waals surface area (Å²) in [4.78, 5) is 12.6. The molecular formula is C15H18N2O3S. The Morgan fingerprint density at radius 3 is 2.67 bits per heavy atom. The lowest BCUT2D eigenvalue weighted by Crippen LogP contribution is -2.18. The second-order valence-corrected chi connectivity index (χ2v) is 5.61. The van der Waals surface area contributed by atoms with Gasteiger partial charge in [-0.15, -0.1) is 11.3 Å². The average molecular weight is 306 g/mol. The summed E-state index contributed by atoms with van der Waals surface area (Å²) in [6.07, 6.45) is 0. The Bertz CT molecular complexity index is 581. The molecule has 5 nitrogen and oxygen atoms in total. The van der Waals surface area contributed by atoms with Gasteiger partial charge in [-0.1, -0.05) is 0 Å². The molecule has 21 heavy (non-hydrogen) atoms. The lowest BCUT2D eigenvalue weighted by Gasteiger charge is -2.02. The molecule has 1 N–H and O–H groups in total. The Balaban J connectivity index is 1.91. The molecule has 0 spiro atoms. The van der Waals surface area contributed by atoms with Gasteiger partial charge >= 0.3 is 0 Å². The van der Waals surface area contributed by atoms with Gasteiger partial charge in [-0.05, 0) is 36.8 Å². The normalized spacial score (nSPS) is 10.7. The van der Waals surface area contributed by atoms with E-state index < -0.39 is 0 Å². The lowest BCUT2D eigenvalue weighted by atomic mass is 10.2. The number of thiophene rings is 1. The molecule has 0 saturated carbocycles. The van der Waals surface area contributed by atoms with Crippen LogP contribution in [0.1, 0.15) is 11.8 Å². The largest absolute Gasteiger partial charge is 0.380 e. The van der Waals surface area contributed by atoms with Gasteiger partial charge in [0, 0.05) is 41.6 Å². The molecule has 0 aliphatic rings. The first-order valence-corrected chi connectivity index (χ1v) is 7.64. The van der Waals surface area contributed by atoms with Gasteiger partial charge in [-0.25, -0.2) is 0 Å². The Morgan fingerprint density at radius 2 is 2.00 bits per heavy atom. The molecule has 0 unspecified atom stereocenters. The van der Waals surface area contributed by atoms with E-state index >= 15 is 0 Å². The van der Waals surface area contributed by atoms with E-state index in [9.17, 15) is 10.1 Å². The van der Waals surface area contributed by atoms with E-state index in [1.54, 1.807) is 23.5 Å². The predicted octanol–water partition coefficient (Wildman–Crippen LogP) is 3.45. The molecule has 2 aromatic rings. The fraction of sp³-hybridized carbons (Fsp3) is 0.333. The molecule has 0 aliphatic heterocycles. The first-order chi connectivity index (χ1) is 10.2. The Hall–Kier alpha value is -1.76. The summed E-state index contributed by atoms with van der Waals surface area (Å²) in [6, 6.07) is 10.8. The summed E-state index contributed by atoms with van der Waals surface area (Å²) in [5, 5.41) is 14.0. The van der Waals surface area contributed by atoms with Gasteiger partial charge < -0.3 is 10.1 Å². The van der Waals surface area contributed by atoms with Crippen molar-refractivity contribution in [1.29, 1.82) is 0 Å². The highest BCUT2D eigenvalue weighted by Crippen LogP contribution is 2.29. The number of non-ortho nitro benzene ring substituents is 1. The number of nitro benzene ring substituents is 1. The summed E-state index contributed by atoms with van der Waals surface area (Å²) >= 11 is 1.69. The first-order valence-electron chi connectivity index (χ1n) is 6.82. The number of hydrogen-bond acceptors (Lipinski definition) is 5. The Morgan fingerprint density at radius 1 is 1.24 bits per heavy atom. The number of nitrogens with zero attached hydrogens (tertiary/aromatic N) is 1. The predicted molar refractivity (Wildman–Crippen MR) is 84.6 cm³/mol. The topological polar surface area (TPSA) is 64.4 Å². The third-order valence-corrected chi connectivity index (χ3v) is 4.09. The van der Waals surface area contributed by atoms with E-state index in [4.69, 9.17) is 4.74 Å². The molecule has 0 aliphatic carbocycles. The van der Waals surface area contributed by atoms with Gasteiger partial charge in [-0.3, -0.25) is 10.1 Å². The quantitative estimate of drug-likeness (QED) is 0.461. The maximum atomic E-state index is 10.6. The van der Waals surface area contributed by atoms with Crippen LogP contribution >= 0.6 is 11.3 Å². The fourth-order valence-electron chi connectivity index (χ4n) is 1.88. The molecule has 0 saturated heterocycles. The van der Waals surface area contributed by atoms with Crippen LogP contribution < -0.4 is 5.32 Å². The zero-order chi connectivity index (χ0) is 15.1. The fourth-order valence-corrected chi connectivity index (χ4v) is 2.86. The van der Waals surface area contributed by atoms with E-state index in [1.165, 1.54) is 17.0 Å². The maximum Gasteiger partial charge on any atom is 0.269 e. The van der Waals surface area contributed by atoms with Crippen molar-refractivity contribution in [2.24, 2.45) is 0 Å². The molecule has 112 valence electrons. The summed E-state index contributed by atoms with van der Waals surface area (Å²) in [5.41, 5.74) is 1.12. The third kappa shape index (κ3) is 4.63. The van der Waals surface area contributed by atoms with Gasteiger partial charge in [0.05, 0.1) is 11.5 Å². The number of rotatable bonds is 8. The summed E-state index contributed by atoms with van der Waals surface area (Å²) in [5.74, 6) is 0. The second kappa shape index (κ2) is 7.87. The van der Waals surface area contributed by atoms with Crippen LogP contribution in [0, 0.1) is 10.1 Å². The van der Waals surface area contributed by atoms with Gasteiger partial charge in [0.1, 0.15) is 0 Å². The molecule has 1 aromatic carbocycles. The Labute approximate surface area is 127 Å². The smallest absolute Gasteiger partial charge is 0.269 e. The molecule has 0 atom stereocenters. The van der Waals surface area contributed by atoms with E-state index in [1.807, 2.05) is 13.0 Å². The molecule has 2 rings (SSSR count). The van der Waals surface area contributed by atoms with Crippen LogP contribution in [0.2, 0.25) is 0 Å². The van der Waals surface area contributed by atoms with Crippen molar-refractivity contribution in [2.75, 3.05) is 19.8 Å². The van der Waals surface area contributed by atoms with Crippen molar-refractivity contribution in [2.45, 2.75) is 13.5 Å². The molecule has 0 radical (unpaired) electrons. The second-order valence-electron chi connectivity index (χ2n) is 4.44. The monoisotopic (exact) mass is 306 g/mol. The first kappa shape index (κ1) is 15.6. The van der Waals surface area contributed by atoms with E-state index in [2.05, 4.69) is 11.4 Å². The highest BCUT2D eigenvalue weighted by atomic mass is 32.1. The van der Waals surface area contributed by atoms with Crippen molar-refractivity contribution in [3.63, 3.8) is 0 Å². The standard InChI is InChI=1S/C15H18N2O3S/c1-2-20-10-9-16-11-14-7-8-15(21-14)12-3-5-13(6-4-12)17(18)19/h3-8,16H,2,9-11H2,1H3. The molecule has 0 fully saturated rings. The lowest BCUT2D eigenvalue weighted by molar-refractivity contribution is -0.384. The van der Waals surface area contributed by atoms with Crippen LogP contribution in [0.4, 0.5) is 5.69 Å². The van der Waals surface area contributed by atoms with Gasteiger partial charge in [0.15, 0.2) is 0 Å². The van der Waals surface area contributed by atoms with E-state index in [-0.39, 0.29) is 10.6 Å². The van der Waals surface area contributed by atoms with Crippen molar-refractivity contribution < 1.29 is 9.66 Å². The number of nitro groups is 1. The Kier molecular flexibility index (Phi) is 5.86. The van der Waals surface area contributed by atoms with Gasteiger partial charge in [0.25, 0.3) is 5.69 Å². The van der Waals surface area contributed by atoms with Crippen LogP contribution in [-0.4, -0.2) is 24.7 Å². The number of hydrogen-bond donors (Lipinski definition) is 1. The molecule has 1 aromatic heterocycles. The van der Waals surface area contributed by atoms with Crippen LogP contribution in [-0.2, 0) is 11.3 Å². The van der Waals surface area contributed by atoms with Crippen molar-refractivity contribution in [1.82, 2.24) is 5.32 Å². The molecular weight excluding hydrogens is 288 g/mol. The number of nitrogens with one attached hydrogen (secondary N) is 1. The summed E-state index contributed by atoms with van der Waals surface area (Å²) < 4.78 is 5.26. The van der Waals surface area contributed by atoms with Crippen LogP contribution in [0.15, 0.2) is 36.4 Å². The number of ether oxygens (including phenoxy) is 1. The molecule has 6 heteroatoms. The van der Waals surface area contributed by atoms with E-state index in [0.717, 1.165) is 36.7 Å². The summed E-state index contributed by atoms with van der Waals surface area (Å²) in [6.45, 7) is 5.08. The third-order valence-electron chi connectivity index (χ3n) is 2.95. The SMILES string of the molecule is CCOCCNCc1ccc(-c2ccc([N+](=O)[O-])cc2)s1. The highest BCUT2D eigenvalue weighted by Gasteiger charge is 2.07. The van der Waals surface area contributed by atoms with Gasteiger partial charge in [-0.2, -0.15) is 0 Å². The summed E-state index contributed by atoms with van der Waals surface area (Å²) in [7, 11) is 0. The highest BCUT2D eigenvalue weighted by molar-refractivity contribution is 7.15. The average Bonchev–Trinajstić information content (AvgIpc) is 2.96. The minimum Gasteiger partial charge on any atom is -0.380 e. The van der Waals surface area contributed by atoms with Crippen LogP contribution in [0.5, 0.6) is 0 Å². The zero-order valence-electron chi connectivity index (χ0n) is 11.9. The maximum absolute atomic E-state index is 10.6. The van der Waals surface area contributed by atoms with E-state index in [0.29, 0.717) is 0 Å².